The van der Waals surface area contributed by atoms with E-state index in [0.717, 1.165) is 42.5 Å². The molecule has 28 heavy (non-hydrogen) atoms. The van der Waals surface area contributed by atoms with E-state index < -0.39 is 6.04 Å². The first-order valence-electron chi connectivity index (χ1n) is 9.70. The molecule has 0 saturated carbocycles. The van der Waals surface area contributed by atoms with Gasteiger partial charge in [-0.2, -0.15) is 10.5 Å². The third-order valence-corrected chi connectivity index (χ3v) is 5.13. The molecular formula is C23H24N4O. The van der Waals surface area contributed by atoms with E-state index in [9.17, 15) is 10.1 Å². The Morgan fingerprint density at radius 3 is 2.39 bits per heavy atom. The van der Waals surface area contributed by atoms with Crippen molar-refractivity contribution in [2.45, 2.75) is 31.7 Å². The van der Waals surface area contributed by atoms with Crippen LogP contribution in [0.3, 0.4) is 0 Å². The van der Waals surface area contributed by atoms with Crippen molar-refractivity contribution >= 4 is 5.91 Å². The first-order valence-corrected chi connectivity index (χ1v) is 9.70. The van der Waals surface area contributed by atoms with Crippen molar-refractivity contribution < 1.29 is 4.79 Å². The number of nitrogens with zero attached hydrogens (tertiary/aromatic N) is 2. The number of benzene rings is 2. The normalized spacial score (nSPS) is 17.6. The molecule has 1 heterocycles. The Balaban J connectivity index is 1.60. The van der Waals surface area contributed by atoms with Crippen LogP contribution in [0.4, 0.5) is 0 Å². The van der Waals surface area contributed by atoms with Crippen LogP contribution in [0, 0.1) is 28.6 Å². The molecule has 2 N–H and O–H groups in total. The van der Waals surface area contributed by atoms with Gasteiger partial charge < -0.3 is 10.6 Å². The Labute approximate surface area is 166 Å². The number of carbonyl (C=O) groups is 1. The summed E-state index contributed by atoms with van der Waals surface area (Å²) in [4.78, 5) is 12.5. The van der Waals surface area contributed by atoms with E-state index in [2.05, 4.69) is 22.8 Å². The Hall–Kier alpha value is -3.15. The Bertz CT molecular complexity index is 867. The van der Waals surface area contributed by atoms with E-state index in [1.807, 2.05) is 36.4 Å². The molecule has 1 amide bonds. The maximum absolute atomic E-state index is 12.5. The molecule has 0 radical (unpaired) electrons. The van der Waals surface area contributed by atoms with E-state index in [0.29, 0.717) is 18.5 Å². The molecule has 0 spiro atoms. The Kier molecular flexibility index (Phi) is 6.78. The largest absolute Gasteiger partial charge is 0.340 e. The van der Waals surface area contributed by atoms with E-state index in [4.69, 9.17) is 5.26 Å². The monoisotopic (exact) mass is 372 g/mol. The van der Waals surface area contributed by atoms with Crippen LogP contribution in [0.2, 0.25) is 0 Å². The fourth-order valence-electron chi connectivity index (χ4n) is 3.47. The number of amides is 1. The van der Waals surface area contributed by atoms with Gasteiger partial charge in [-0.3, -0.25) is 4.79 Å². The summed E-state index contributed by atoms with van der Waals surface area (Å²) in [6.07, 6.45) is 3.49. The summed E-state index contributed by atoms with van der Waals surface area (Å²) in [5, 5.41) is 24.5. The fraction of sp³-hybridized carbons (Fsp3) is 0.348. The highest BCUT2D eigenvalue weighted by atomic mass is 16.1. The molecule has 5 nitrogen and oxygen atoms in total. The van der Waals surface area contributed by atoms with Gasteiger partial charge in [-0.1, -0.05) is 42.8 Å². The summed E-state index contributed by atoms with van der Waals surface area (Å²) in [7, 11) is 0. The highest BCUT2D eigenvalue weighted by Crippen LogP contribution is 2.21. The lowest BCUT2D eigenvalue weighted by Gasteiger charge is -2.17. The molecule has 2 atom stereocenters. The predicted molar refractivity (Wildman–Crippen MR) is 108 cm³/mol. The van der Waals surface area contributed by atoms with Crippen molar-refractivity contribution in [3.05, 3.63) is 59.7 Å². The highest BCUT2D eigenvalue weighted by molar-refractivity contribution is 5.79. The predicted octanol–water partition coefficient (Wildman–Crippen LogP) is 3.17. The number of hydrogen-bond acceptors (Lipinski definition) is 4. The summed E-state index contributed by atoms with van der Waals surface area (Å²) >= 11 is 0. The van der Waals surface area contributed by atoms with Crippen molar-refractivity contribution in [3.63, 3.8) is 0 Å². The lowest BCUT2D eigenvalue weighted by atomic mass is 9.99. The zero-order chi connectivity index (χ0) is 19.8. The molecule has 2 aromatic rings. The highest BCUT2D eigenvalue weighted by Gasteiger charge is 2.22. The van der Waals surface area contributed by atoms with Crippen LogP contribution in [-0.2, 0) is 11.2 Å². The van der Waals surface area contributed by atoms with Crippen molar-refractivity contribution in [1.29, 1.82) is 10.5 Å². The molecule has 2 unspecified atom stereocenters. The first-order chi connectivity index (χ1) is 13.7. The quantitative estimate of drug-likeness (QED) is 0.844. The lowest BCUT2D eigenvalue weighted by molar-refractivity contribution is -0.125. The molecule has 142 valence electrons. The average molecular weight is 372 g/mol. The molecule has 0 bridgehead atoms. The lowest BCUT2D eigenvalue weighted by Crippen LogP contribution is -2.42. The van der Waals surface area contributed by atoms with E-state index >= 15 is 0 Å². The third kappa shape index (κ3) is 5.19. The number of nitriles is 2. The van der Waals surface area contributed by atoms with Crippen molar-refractivity contribution in [3.8, 4) is 23.3 Å². The van der Waals surface area contributed by atoms with Crippen molar-refractivity contribution in [1.82, 2.24) is 10.6 Å². The number of nitrogens with one attached hydrogen (secondary N) is 2. The summed E-state index contributed by atoms with van der Waals surface area (Å²) in [5.74, 6) is -0.0905. The number of rotatable bonds is 5. The molecule has 1 aliphatic rings. The maximum atomic E-state index is 12.5. The Morgan fingerprint density at radius 1 is 1.07 bits per heavy atom. The second-order valence-electron chi connectivity index (χ2n) is 7.18. The minimum Gasteiger partial charge on any atom is -0.340 e. The van der Waals surface area contributed by atoms with Gasteiger partial charge in [-0.05, 0) is 48.2 Å². The second kappa shape index (κ2) is 9.69. The molecule has 0 aromatic heterocycles. The molecule has 2 aromatic carbocycles. The van der Waals surface area contributed by atoms with Crippen molar-refractivity contribution in [2.75, 3.05) is 13.1 Å². The molecule has 5 heteroatoms. The van der Waals surface area contributed by atoms with Gasteiger partial charge in [0.1, 0.15) is 6.04 Å². The third-order valence-electron chi connectivity index (χ3n) is 5.13. The molecular weight excluding hydrogens is 348 g/mol. The molecule has 1 saturated heterocycles. The fourth-order valence-corrected chi connectivity index (χ4v) is 3.47. The zero-order valence-corrected chi connectivity index (χ0v) is 15.8. The van der Waals surface area contributed by atoms with Gasteiger partial charge in [0.15, 0.2) is 0 Å². The van der Waals surface area contributed by atoms with Crippen LogP contribution in [0.25, 0.3) is 11.1 Å². The smallest absolute Gasteiger partial charge is 0.225 e. The standard InChI is InChI=1S/C23H24N4O/c24-14-18-6-10-20(11-7-18)19-8-4-17(5-9-19)13-22(15-25)27-23(28)21-3-1-2-12-26-16-21/h4-11,21-22,26H,1-3,12-13,16H2,(H,27,28). The van der Waals surface area contributed by atoms with Gasteiger partial charge in [-0.25, -0.2) is 0 Å². The van der Waals surface area contributed by atoms with E-state index in [-0.39, 0.29) is 11.8 Å². The van der Waals surface area contributed by atoms with Crippen LogP contribution < -0.4 is 10.6 Å². The molecule has 1 fully saturated rings. The SMILES string of the molecule is N#Cc1ccc(-c2ccc(CC(C#N)NC(=O)C3CCCCNC3)cc2)cc1. The minimum absolute atomic E-state index is 0.0323. The van der Waals surface area contributed by atoms with E-state index in [1.54, 1.807) is 12.1 Å². The van der Waals surface area contributed by atoms with Crippen molar-refractivity contribution in [2.24, 2.45) is 5.92 Å². The molecule has 3 rings (SSSR count). The van der Waals surface area contributed by atoms with Crippen LogP contribution in [0.5, 0.6) is 0 Å². The van der Waals surface area contributed by atoms with Crippen LogP contribution in [-0.4, -0.2) is 25.0 Å². The minimum atomic E-state index is -0.531. The zero-order valence-electron chi connectivity index (χ0n) is 15.8. The molecule has 0 aliphatic carbocycles. The van der Waals surface area contributed by atoms with E-state index in [1.165, 1.54) is 0 Å². The van der Waals surface area contributed by atoms with Gasteiger partial charge in [-0.15, -0.1) is 0 Å². The van der Waals surface area contributed by atoms with Crippen LogP contribution in [0.1, 0.15) is 30.4 Å². The number of carbonyl (C=O) groups excluding carboxylic acids is 1. The number of hydrogen-bond donors (Lipinski definition) is 2. The summed E-state index contributed by atoms with van der Waals surface area (Å²) in [5.41, 5.74) is 3.73. The summed E-state index contributed by atoms with van der Waals surface area (Å²) in [6, 6.07) is 19.2. The van der Waals surface area contributed by atoms with Gasteiger partial charge in [0, 0.05) is 13.0 Å². The van der Waals surface area contributed by atoms with Gasteiger partial charge in [0.05, 0.1) is 23.6 Å². The topological polar surface area (TPSA) is 88.7 Å². The maximum Gasteiger partial charge on any atom is 0.225 e. The summed E-state index contributed by atoms with van der Waals surface area (Å²) < 4.78 is 0. The van der Waals surface area contributed by atoms with Crippen LogP contribution >= 0.6 is 0 Å². The van der Waals surface area contributed by atoms with Gasteiger partial charge >= 0.3 is 0 Å². The molecule has 1 aliphatic heterocycles. The average Bonchev–Trinajstić information content (AvgIpc) is 3.03. The van der Waals surface area contributed by atoms with Gasteiger partial charge in [0.2, 0.25) is 5.91 Å². The Morgan fingerprint density at radius 2 is 1.75 bits per heavy atom. The first kappa shape index (κ1) is 19.6. The van der Waals surface area contributed by atoms with Crippen LogP contribution in [0.15, 0.2) is 48.5 Å². The van der Waals surface area contributed by atoms with Gasteiger partial charge in [0.25, 0.3) is 0 Å². The summed E-state index contributed by atoms with van der Waals surface area (Å²) in [6.45, 7) is 1.64. The second-order valence-corrected chi connectivity index (χ2v) is 7.18.